The standard InChI is InChI=1S/C14H15FN2O4/c1-2-3-11-12(18)17(14(21)16-11)7-8-4-5-9(13(19)20)10(15)6-8/h4-6,11H,2-3,7H2,1H3,(H,16,21)(H,19,20). The molecule has 1 heterocycles. The number of carboxylic acids is 1. The number of hydrogen-bond donors (Lipinski definition) is 2. The van der Waals surface area contributed by atoms with Crippen molar-refractivity contribution in [1.29, 1.82) is 0 Å². The smallest absolute Gasteiger partial charge is 0.338 e. The predicted octanol–water partition coefficient (Wildman–Crippen LogP) is 1.74. The number of halogens is 1. The average molecular weight is 294 g/mol. The molecule has 112 valence electrons. The topological polar surface area (TPSA) is 86.7 Å². The van der Waals surface area contributed by atoms with E-state index in [0.29, 0.717) is 12.0 Å². The Hall–Kier alpha value is -2.44. The van der Waals surface area contributed by atoms with Crippen LogP contribution in [0.2, 0.25) is 0 Å². The van der Waals surface area contributed by atoms with Crippen LogP contribution in [0, 0.1) is 5.82 Å². The van der Waals surface area contributed by atoms with Gasteiger partial charge in [-0.25, -0.2) is 14.0 Å². The third kappa shape index (κ3) is 3.01. The van der Waals surface area contributed by atoms with Crippen LogP contribution in [0.1, 0.15) is 35.7 Å². The molecular weight excluding hydrogens is 279 g/mol. The Morgan fingerprint density at radius 1 is 1.43 bits per heavy atom. The van der Waals surface area contributed by atoms with Crippen molar-refractivity contribution >= 4 is 17.9 Å². The van der Waals surface area contributed by atoms with E-state index in [4.69, 9.17) is 5.11 Å². The number of urea groups is 1. The maximum Gasteiger partial charge on any atom is 0.338 e. The summed E-state index contributed by atoms with van der Waals surface area (Å²) >= 11 is 0. The van der Waals surface area contributed by atoms with Crippen LogP contribution in [0.15, 0.2) is 18.2 Å². The molecule has 7 heteroatoms. The van der Waals surface area contributed by atoms with Crippen molar-refractivity contribution < 1.29 is 23.9 Å². The summed E-state index contributed by atoms with van der Waals surface area (Å²) in [7, 11) is 0. The molecular formula is C14H15FN2O4. The molecule has 6 nitrogen and oxygen atoms in total. The quantitative estimate of drug-likeness (QED) is 0.810. The van der Waals surface area contributed by atoms with Crippen molar-refractivity contribution in [2.75, 3.05) is 0 Å². The molecule has 1 unspecified atom stereocenters. The molecule has 21 heavy (non-hydrogen) atoms. The van der Waals surface area contributed by atoms with E-state index in [1.165, 1.54) is 6.07 Å². The number of hydrogen-bond acceptors (Lipinski definition) is 3. The van der Waals surface area contributed by atoms with E-state index >= 15 is 0 Å². The number of nitrogens with one attached hydrogen (secondary N) is 1. The summed E-state index contributed by atoms with van der Waals surface area (Å²) in [5.41, 5.74) is -0.0852. The first kappa shape index (κ1) is 15.0. The molecule has 2 rings (SSSR count). The van der Waals surface area contributed by atoms with Crippen molar-refractivity contribution in [2.45, 2.75) is 32.4 Å². The zero-order valence-corrected chi connectivity index (χ0v) is 11.4. The molecule has 0 saturated carbocycles. The van der Waals surface area contributed by atoms with Crippen LogP contribution in [0.25, 0.3) is 0 Å². The van der Waals surface area contributed by atoms with Gasteiger partial charge >= 0.3 is 12.0 Å². The zero-order valence-electron chi connectivity index (χ0n) is 11.4. The maximum absolute atomic E-state index is 13.6. The number of imide groups is 1. The van der Waals surface area contributed by atoms with Gasteiger partial charge in [-0.05, 0) is 24.1 Å². The summed E-state index contributed by atoms with van der Waals surface area (Å²) in [5, 5.41) is 11.3. The SMILES string of the molecule is CCCC1NC(=O)N(Cc2ccc(C(=O)O)c(F)c2)C1=O. The van der Waals surface area contributed by atoms with E-state index in [1.807, 2.05) is 6.92 Å². The number of carboxylic acid groups (broad SMARTS) is 1. The number of carbonyl (C=O) groups excluding carboxylic acids is 2. The van der Waals surface area contributed by atoms with Gasteiger partial charge in [0.1, 0.15) is 11.9 Å². The highest BCUT2D eigenvalue weighted by Gasteiger charge is 2.37. The Labute approximate surface area is 120 Å². The van der Waals surface area contributed by atoms with Gasteiger partial charge in [-0.15, -0.1) is 0 Å². The average Bonchev–Trinajstić information content (AvgIpc) is 2.67. The lowest BCUT2D eigenvalue weighted by Gasteiger charge is -2.13. The van der Waals surface area contributed by atoms with Crippen molar-refractivity contribution in [1.82, 2.24) is 10.2 Å². The fraction of sp³-hybridized carbons (Fsp3) is 0.357. The Morgan fingerprint density at radius 2 is 2.14 bits per heavy atom. The summed E-state index contributed by atoms with van der Waals surface area (Å²) in [6.45, 7) is 1.82. The first-order valence-electron chi connectivity index (χ1n) is 6.57. The van der Waals surface area contributed by atoms with E-state index in [1.54, 1.807) is 0 Å². The number of nitrogens with zero attached hydrogens (tertiary/aromatic N) is 1. The van der Waals surface area contributed by atoms with Crippen LogP contribution in [0.3, 0.4) is 0 Å². The van der Waals surface area contributed by atoms with Crippen molar-refractivity contribution in [3.63, 3.8) is 0 Å². The second-order valence-corrected chi connectivity index (χ2v) is 4.83. The van der Waals surface area contributed by atoms with Gasteiger partial charge in [0, 0.05) is 0 Å². The van der Waals surface area contributed by atoms with Crippen LogP contribution in [0.4, 0.5) is 9.18 Å². The molecule has 1 saturated heterocycles. The molecule has 0 aromatic heterocycles. The molecule has 3 amide bonds. The summed E-state index contributed by atoms with van der Waals surface area (Å²) in [6, 6.07) is 2.48. The number of amides is 3. The Kier molecular flexibility index (Phi) is 4.21. The normalized spacial score (nSPS) is 18.0. The monoisotopic (exact) mass is 294 g/mol. The van der Waals surface area contributed by atoms with E-state index in [2.05, 4.69) is 5.32 Å². The van der Waals surface area contributed by atoms with Gasteiger partial charge in [-0.1, -0.05) is 19.4 Å². The number of carbonyl (C=O) groups is 3. The third-order valence-electron chi connectivity index (χ3n) is 3.29. The molecule has 0 spiro atoms. The van der Waals surface area contributed by atoms with Crippen LogP contribution < -0.4 is 5.32 Å². The van der Waals surface area contributed by atoms with Crippen molar-refractivity contribution in [3.05, 3.63) is 35.1 Å². The van der Waals surface area contributed by atoms with Gasteiger partial charge < -0.3 is 10.4 Å². The number of rotatable bonds is 5. The second-order valence-electron chi connectivity index (χ2n) is 4.83. The molecule has 1 aliphatic heterocycles. The third-order valence-corrected chi connectivity index (χ3v) is 3.29. The molecule has 1 aromatic rings. The van der Waals surface area contributed by atoms with Gasteiger partial charge in [0.15, 0.2) is 0 Å². The van der Waals surface area contributed by atoms with E-state index in [0.717, 1.165) is 23.5 Å². The summed E-state index contributed by atoms with van der Waals surface area (Å²) in [4.78, 5) is 35.5. The number of aromatic carboxylic acids is 1. The van der Waals surface area contributed by atoms with Gasteiger partial charge in [0.25, 0.3) is 5.91 Å². The highest BCUT2D eigenvalue weighted by molar-refractivity contribution is 6.04. The highest BCUT2D eigenvalue weighted by Crippen LogP contribution is 2.17. The first-order chi connectivity index (χ1) is 9.93. The van der Waals surface area contributed by atoms with Gasteiger partial charge in [0.05, 0.1) is 12.1 Å². The van der Waals surface area contributed by atoms with Gasteiger partial charge in [0.2, 0.25) is 0 Å². The Balaban J connectivity index is 2.15. The molecule has 1 atom stereocenters. The Bertz CT molecular complexity index is 603. The van der Waals surface area contributed by atoms with Crippen molar-refractivity contribution in [3.8, 4) is 0 Å². The summed E-state index contributed by atoms with van der Waals surface area (Å²) in [5.74, 6) is -2.60. The van der Waals surface area contributed by atoms with Crippen LogP contribution in [-0.2, 0) is 11.3 Å². The van der Waals surface area contributed by atoms with Crippen LogP contribution in [0.5, 0.6) is 0 Å². The minimum absolute atomic E-state index is 0.0816. The van der Waals surface area contributed by atoms with E-state index in [9.17, 15) is 18.8 Å². The van der Waals surface area contributed by atoms with Crippen LogP contribution in [-0.4, -0.2) is 34.0 Å². The summed E-state index contributed by atoms with van der Waals surface area (Å²) in [6.07, 6.45) is 1.31. The molecule has 1 aromatic carbocycles. The molecule has 2 N–H and O–H groups in total. The van der Waals surface area contributed by atoms with Crippen LogP contribution >= 0.6 is 0 Å². The van der Waals surface area contributed by atoms with Gasteiger partial charge in [-0.3, -0.25) is 9.69 Å². The first-order valence-corrected chi connectivity index (χ1v) is 6.57. The van der Waals surface area contributed by atoms with Crippen molar-refractivity contribution in [2.24, 2.45) is 0 Å². The lowest BCUT2D eigenvalue weighted by atomic mass is 10.1. The molecule has 0 bridgehead atoms. The molecule has 0 aliphatic carbocycles. The lowest BCUT2D eigenvalue weighted by Crippen LogP contribution is -2.31. The minimum Gasteiger partial charge on any atom is -0.478 e. The predicted molar refractivity (Wildman–Crippen MR) is 71.1 cm³/mol. The number of benzene rings is 1. The summed E-state index contributed by atoms with van der Waals surface area (Å²) < 4.78 is 13.6. The fourth-order valence-electron chi connectivity index (χ4n) is 2.22. The zero-order chi connectivity index (χ0) is 15.6. The Morgan fingerprint density at radius 3 is 2.71 bits per heavy atom. The molecule has 0 radical (unpaired) electrons. The van der Waals surface area contributed by atoms with Gasteiger partial charge in [-0.2, -0.15) is 0 Å². The largest absolute Gasteiger partial charge is 0.478 e. The second kappa shape index (κ2) is 5.90. The lowest BCUT2D eigenvalue weighted by molar-refractivity contribution is -0.128. The highest BCUT2D eigenvalue weighted by atomic mass is 19.1. The minimum atomic E-state index is -1.36. The maximum atomic E-state index is 13.6. The molecule has 1 fully saturated rings. The fourth-order valence-corrected chi connectivity index (χ4v) is 2.22. The van der Waals surface area contributed by atoms with E-state index in [-0.39, 0.29) is 12.5 Å². The van der Waals surface area contributed by atoms with E-state index < -0.39 is 29.4 Å². The molecule has 1 aliphatic rings.